The Labute approximate surface area is 189 Å². The van der Waals surface area contributed by atoms with Crippen molar-refractivity contribution in [2.45, 2.75) is 13.5 Å². The summed E-state index contributed by atoms with van der Waals surface area (Å²) in [6, 6.07) is 12.8. The molecule has 2 N–H and O–H groups in total. The number of aliphatic hydroxyl groups excluding tert-OH is 1. The number of benzene rings is 2. The van der Waals surface area contributed by atoms with Crippen LogP contribution in [0.3, 0.4) is 0 Å². The van der Waals surface area contributed by atoms with E-state index in [1.807, 2.05) is 29.8 Å². The minimum absolute atomic E-state index is 0.000684. The van der Waals surface area contributed by atoms with E-state index in [1.165, 1.54) is 11.6 Å². The van der Waals surface area contributed by atoms with Crippen LogP contribution in [0.5, 0.6) is 0 Å². The van der Waals surface area contributed by atoms with Gasteiger partial charge in [-0.1, -0.05) is 5.21 Å². The van der Waals surface area contributed by atoms with E-state index in [-0.39, 0.29) is 30.6 Å². The van der Waals surface area contributed by atoms with E-state index in [4.69, 9.17) is 9.84 Å². The topological polar surface area (TPSA) is 124 Å². The maximum Gasteiger partial charge on any atom is 0.277 e. The molecule has 0 fully saturated rings. The fourth-order valence-corrected chi connectivity index (χ4v) is 3.41. The van der Waals surface area contributed by atoms with Crippen molar-refractivity contribution in [2.24, 2.45) is 7.05 Å². The van der Waals surface area contributed by atoms with Gasteiger partial charge in [0.1, 0.15) is 5.82 Å². The number of nitrogens with one attached hydrogen (secondary N) is 1. The number of aryl methyl sites for hydroxylation is 1. The van der Waals surface area contributed by atoms with Crippen LogP contribution >= 0.6 is 0 Å². The highest BCUT2D eigenvalue weighted by atomic mass is 16.5. The van der Waals surface area contributed by atoms with Gasteiger partial charge < -0.3 is 19.7 Å². The molecule has 0 spiro atoms. The first kappa shape index (κ1) is 22.3. The number of fused-ring (bicyclic) bond motifs is 1. The molecular weight excluding hydrogens is 424 g/mol. The maximum absolute atomic E-state index is 12.5. The van der Waals surface area contributed by atoms with Gasteiger partial charge in [0.2, 0.25) is 0 Å². The van der Waals surface area contributed by atoms with Crippen molar-refractivity contribution in [2.75, 3.05) is 25.1 Å². The number of ketones is 1. The number of Topliss-reactive ketones (excluding diaryl/α,β-unsaturated/α-hetero) is 1. The van der Waals surface area contributed by atoms with Crippen LogP contribution in [0.15, 0.2) is 48.7 Å². The van der Waals surface area contributed by atoms with E-state index < -0.39 is 0 Å². The van der Waals surface area contributed by atoms with E-state index in [0.717, 1.165) is 22.4 Å². The third-order valence-electron chi connectivity index (χ3n) is 5.16. The third kappa shape index (κ3) is 4.97. The average molecular weight is 448 g/mol. The Bertz CT molecular complexity index is 1290. The summed E-state index contributed by atoms with van der Waals surface area (Å²) in [7, 11) is 1.92. The zero-order valence-electron chi connectivity index (χ0n) is 18.4. The van der Waals surface area contributed by atoms with Crippen LogP contribution in [0, 0.1) is 0 Å². The highest BCUT2D eigenvalue weighted by Gasteiger charge is 2.14. The van der Waals surface area contributed by atoms with Crippen molar-refractivity contribution in [3.63, 3.8) is 0 Å². The molecule has 0 bridgehead atoms. The van der Waals surface area contributed by atoms with E-state index in [0.29, 0.717) is 24.4 Å². The lowest BCUT2D eigenvalue weighted by Crippen LogP contribution is -2.12. The Hall–Kier alpha value is -3.89. The number of aromatic nitrogens is 5. The van der Waals surface area contributed by atoms with Crippen LogP contribution in [0.25, 0.3) is 22.4 Å². The molecule has 4 aromatic rings. The molecule has 0 unspecified atom stereocenters. The highest BCUT2D eigenvalue weighted by molar-refractivity contribution is 6.02. The van der Waals surface area contributed by atoms with Gasteiger partial charge in [-0.25, -0.2) is 9.67 Å². The molecule has 0 aliphatic heterocycles. The Kier molecular flexibility index (Phi) is 6.57. The van der Waals surface area contributed by atoms with Crippen molar-refractivity contribution >= 4 is 28.4 Å². The Morgan fingerprint density at radius 2 is 1.91 bits per heavy atom. The number of hydrogen-bond donors (Lipinski definition) is 2. The van der Waals surface area contributed by atoms with Crippen LogP contribution in [-0.2, 0) is 18.3 Å². The van der Waals surface area contributed by atoms with Gasteiger partial charge in [-0.3, -0.25) is 9.59 Å². The number of nitrogens with zero attached hydrogens (tertiary/aromatic N) is 5. The SMILES string of the molecule is CC(=O)c1ccc2c(c1)nc(-c1ccc(NC(=O)c3cn(CCOCCO)nn3)cc1)n2C. The number of hydrogen-bond acceptors (Lipinski definition) is 7. The van der Waals surface area contributed by atoms with Crippen molar-refractivity contribution in [3.8, 4) is 11.4 Å². The first-order chi connectivity index (χ1) is 16.0. The molecule has 0 aliphatic rings. The molecule has 4 rings (SSSR count). The molecule has 0 radical (unpaired) electrons. The van der Waals surface area contributed by atoms with Crippen LogP contribution in [-0.4, -0.2) is 61.2 Å². The predicted octanol–water partition coefficient (Wildman–Crippen LogP) is 2.30. The monoisotopic (exact) mass is 448 g/mol. The minimum Gasteiger partial charge on any atom is -0.394 e. The number of rotatable bonds is 9. The van der Waals surface area contributed by atoms with Crippen molar-refractivity contribution < 1.29 is 19.4 Å². The molecule has 0 saturated carbocycles. The van der Waals surface area contributed by atoms with Crippen molar-refractivity contribution in [3.05, 3.63) is 59.9 Å². The summed E-state index contributed by atoms with van der Waals surface area (Å²) >= 11 is 0. The smallest absolute Gasteiger partial charge is 0.277 e. The lowest BCUT2D eigenvalue weighted by atomic mass is 10.1. The van der Waals surface area contributed by atoms with Gasteiger partial charge in [-0.15, -0.1) is 5.10 Å². The summed E-state index contributed by atoms with van der Waals surface area (Å²) in [5.41, 5.74) is 3.99. The summed E-state index contributed by atoms with van der Waals surface area (Å²) < 4.78 is 8.66. The summed E-state index contributed by atoms with van der Waals surface area (Å²) in [4.78, 5) is 28.8. The molecule has 2 aromatic carbocycles. The highest BCUT2D eigenvalue weighted by Crippen LogP contribution is 2.26. The maximum atomic E-state index is 12.5. The molecule has 0 aliphatic carbocycles. The van der Waals surface area contributed by atoms with Crippen LogP contribution in [0.2, 0.25) is 0 Å². The standard InChI is InChI=1S/C23H24N6O4/c1-15(31)17-5-8-21-19(13-17)25-22(28(21)2)16-3-6-18(7-4-16)24-23(32)20-14-29(27-26-20)9-11-33-12-10-30/h3-8,13-14,30H,9-12H2,1-2H3,(H,24,32). The van der Waals surface area contributed by atoms with Crippen LogP contribution in [0.1, 0.15) is 27.8 Å². The second-order valence-electron chi connectivity index (χ2n) is 7.49. The van der Waals surface area contributed by atoms with Crippen molar-refractivity contribution in [1.82, 2.24) is 24.5 Å². The third-order valence-corrected chi connectivity index (χ3v) is 5.16. The number of anilines is 1. The first-order valence-electron chi connectivity index (χ1n) is 10.4. The van der Waals surface area contributed by atoms with Gasteiger partial charge in [0, 0.05) is 23.9 Å². The second-order valence-corrected chi connectivity index (χ2v) is 7.49. The van der Waals surface area contributed by atoms with E-state index in [9.17, 15) is 9.59 Å². The van der Waals surface area contributed by atoms with Gasteiger partial charge in [0.05, 0.1) is 43.6 Å². The quantitative estimate of drug-likeness (QED) is 0.297. The number of carbonyl (C=O) groups excluding carboxylic acids is 2. The second kappa shape index (κ2) is 9.72. The molecule has 1 amide bonds. The fraction of sp³-hybridized carbons (Fsp3) is 0.261. The van der Waals surface area contributed by atoms with Crippen LogP contribution < -0.4 is 5.32 Å². The summed E-state index contributed by atoms with van der Waals surface area (Å²) in [5.74, 6) is 0.388. The fourth-order valence-electron chi connectivity index (χ4n) is 3.41. The number of amides is 1. The van der Waals surface area contributed by atoms with E-state index in [2.05, 4.69) is 20.6 Å². The predicted molar refractivity (Wildman–Crippen MR) is 122 cm³/mol. The summed E-state index contributed by atoms with van der Waals surface area (Å²) in [6.45, 7) is 2.55. The van der Waals surface area contributed by atoms with E-state index >= 15 is 0 Å². The summed E-state index contributed by atoms with van der Waals surface area (Å²) in [5, 5.41) is 19.3. The van der Waals surface area contributed by atoms with Crippen molar-refractivity contribution in [1.29, 1.82) is 0 Å². The number of carbonyl (C=O) groups is 2. The molecule has 0 atom stereocenters. The van der Waals surface area contributed by atoms with Gasteiger partial charge in [-0.2, -0.15) is 0 Å². The van der Waals surface area contributed by atoms with Gasteiger partial charge in [0.25, 0.3) is 5.91 Å². The zero-order chi connectivity index (χ0) is 23.4. The minimum atomic E-state index is -0.371. The number of ether oxygens (including phenoxy) is 1. The summed E-state index contributed by atoms with van der Waals surface area (Å²) in [6.07, 6.45) is 1.54. The van der Waals surface area contributed by atoms with E-state index in [1.54, 1.807) is 30.5 Å². The molecule has 2 aromatic heterocycles. The lowest BCUT2D eigenvalue weighted by Gasteiger charge is -2.06. The normalized spacial score (nSPS) is 11.1. The lowest BCUT2D eigenvalue weighted by molar-refractivity contribution is 0.0851. The molecule has 2 heterocycles. The zero-order valence-corrected chi connectivity index (χ0v) is 18.4. The number of aliphatic hydroxyl groups is 1. The first-order valence-corrected chi connectivity index (χ1v) is 10.4. The Morgan fingerprint density at radius 1 is 1.12 bits per heavy atom. The molecular formula is C23H24N6O4. The van der Waals surface area contributed by atoms with Gasteiger partial charge >= 0.3 is 0 Å². The number of imidazole rings is 1. The molecule has 10 nitrogen and oxygen atoms in total. The largest absolute Gasteiger partial charge is 0.394 e. The average Bonchev–Trinajstić information content (AvgIpc) is 3.42. The molecule has 0 saturated heterocycles. The molecule has 10 heteroatoms. The molecule has 33 heavy (non-hydrogen) atoms. The van der Waals surface area contributed by atoms with Crippen LogP contribution in [0.4, 0.5) is 5.69 Å². The van der Waals surface area contributed by atoms with Gasteiger partial charge in [-0.05, 0) is 49.4 Å². The Balaban J connectivity index is 1.44. The Morgan fingerprint density at radius 3 is 2.64 bits per heavy atom. The van der Waals surface area contributed by atoms with Gasteiger partial charge in [0.15, 0.2) is 11.5 Å². The molecule has 170 valence electrons.